The van der Waals surface area contributed by atoms with Gasteiger partial charge >= 0.3 is 0 Å². The van der Waals surface area contributed by atoms with Crippen molar-refractivity contribution in [2.75, 3.05) is 0 Å². The molecule has 0 aliphatic rings. The van der Waals surface area contributed by atoms with E-state index in [4.69, 9.17) is 0 Å². The molecule has 0 saturated heterocycles. The maximum atomic E-state index is 10.9. The van der Waals surface area contributed by atoms with E-state index in [1.165, 1.54) is 51.1 Å². The standard InChI is InChI=1S/C44H22N4S2/c45-23-31-32(24-46)36(48-34-14-6-2-12-30(34)42-38(48)20-18-28-26-10-4-8-16-40(26)50-44(28)42)22-21-35(31)47-33-13-5-1-11-29(33)41-37(47)19-17-27-25-9-3-7-15-39(25)49-43(27)41/h1-22H. The van der Waals surface area contributed by atoms with Crippen LogP contribution in [-0.4, -0.2) is 9.13 Å². The van der Waals surface area contributed by atoms with Crippen LogP contribution in [0.5, 0.6) is 0 Å². The van der Waals surface area contributed by atoms with Crippen molar-refractivity contribution < 1.29 is 0 Å². The van der Waals surface area contributed by atoms with Gasteiger partial charge in [-0.15, -0.1) is 22.7 Å². The van der Waals surface area contributed by atoms with E-state index in [1.807, 2.05) is 24.3 Å². The Morgan fingerprint density at radius 1 is 0.380 bits per heavy atom. The second-order valence-corrected chi connectivity index (χ2v) is 14.8. The molecule has 230 valence electrons. The van der Waals surface area contributed by atoms with Gasteiger partial charge in [-0.2, -0.15) is 10.5 Å². The van der Waals surface area contributed by atoms with Crippen LogP contribution in [0.4, 0.5) is 0 Å². The molecule has 4 heterocycles. The SMILES string of the molecule is N#Cc1c(-n2c3ccccc3c3c4sc5ccccc5c4ccc32)ccc(-n2c3ccccc3c3c4sc5ccccc5c4ccc32)c1C#N. The van der Waals surface area contributed by atoms with Crippen LogP contribution in [0.15, 0.2) is 133 Å². The molecule has 0 amide bonds. The van der Waals surface area contributed by atoms with Crippen molar-refractivity contribution in [1.29, 1.82) is 10.5 Å². The number of aromatic nitrogens is 2. The zero-order valence-electron chi connectivity index (χ0n) is 26.3. The fraction of sp³-hybridized carbons (Fsp3) is 0. The number of nitriles is 2. The highest BCUT2D eigenvalue weighted by atomic mass is 32.1. The second kappa shape index (κ2) is 10.0. The van der Waals surface area contributed by atoms with E-state index < -0.39 is 0 Å². The predicted octanol–water partition coefficient (Wildman–Crippen LogP) is 12.4. The average molecular weight is 671 g/mol. The lowest BCUT2D eigenvalue weighted by molar-refractivity contribution is 1.12. The molecule has 0 bridgehead atoms. The Kier molecular flexibility index (Phi) is 5.52. The van der Waals surface area contributed by atoms with E-state index in [0.29, 0.717) is 22.5 Å². The molecule has 0 radical (unpaired) electrons. The van der Waals surface area contributed by atoms with Crippen molar-refractivity contribution >= 4 is 107 Å². The number of hydrogen-bond donors (Lipinski definition) is 0. The monoisotopic (exact) mass is 670 g/mol. The first kappa shape index (κ1) is 27.5. The first-order valence-electron chi connectivity index (χ1n) is 16.4. The van der Waals surface area contributed by atoms with Crippen LogP contribution in [0.1, 0.15) is 11.1 Å². The summed E-state index contributed by atoms with van der Waals surface area (Å²) in [6, 6.07) is 51.6. The number of rotatable bonds is 2. The van der Waals surface area contributed by atoms with Crippen molar-refractivity contribution in [3.05, 3.63) is 145 Å². The number of nitrogens with zero attached hydrogens (tertiary/aromatic N) is 4. The smallest absolute Gasteiger partial charge is 0.103 e. The lowest BCUT2D eigenvalue weighted by Gasteiger charge is -2.16. The van der Waals surface area contributed by atoms with Gasteiger partial charge in [-0.05, 0) is 48.5 Å². The minimum atomic E-state index is 0.359. The van der Waals surface area contributed by atoms with Crippen LogP contribution in [0.2, 0.25) is 0 Å². The summed E-state index contributed by atoms with van der Waals surface area (Å²) in [6.45, 7) is 0. The molecule has 0 aliphatic carbocycles. The Hall–Kier alpha value is -6.44. The normalized spacial score (nSPS) is 12.0. The van der Waals surface area contributed by atoms with Crippen LogP contribution < -0.4 is 0 Å². The molecule has 4 nitrogen and oxygen atoms in total. The highest BCUT2D eigenvalue weighted by molar-refractivity contribution is 7.27. The molecule has 11 rings (SSSR count). The molecule has 0 N–H and O–H groups in total. The van der Waals surface area contributed by atoms with Crippen LogP contribution in [0.25, 0.3) is 95.3 Å². The van der Waals surface area contributed by atoms with Crippen molar-refractivity contribution in [2.24, 2.45) is 0 Å². The molecule has 11 aromatic rings. The van der Waals surface area contributed by atoms with E-state index in [0.717, 1.165) is 32.8 Å². The number of hydrogen-bond acceptors (Lipinski definition) is 4. The molecule has 0 spiro atoms. The summed E-state index contributed by atoms with van der Waals surface area (Å²) in [7, 11) is 0. The molecule has 0 atom stereocenters. The fourth-order valence-corrected chi connectivity index (χ4v) is 10.7. The molecule has 0 aliphatic heterocycles. The molecule has 6 heteroatoms. The molecule has 7 aromatic carbocycles. The third-order valence-electron chi connectivity index (χ3n) is 10.2. The molecular weight excluding hydrogens is 649 g/mol. The van der Waals surface area contributed by atoms with Gasteiger partial charge in [0.2, 0.25) is 0 Å². The van der Waals surface area contributed by atoms with Gasteiger partial charge < -0.3 is 9.13 Å². The van der Waals surface area contributed by atoms with Crippen LogP contribution >= 0.6 is 22.7 Å². The Morgan fingerprint density at radius 3 is 1.22 bits per heavy atom. The molecular formula is C44H22N4S2. The fourth-order valence-electron chi connectivity index (χ4n) is 8.17. The van der Waals surface area contributed by atoms with Gasteiger partial charge in [0.05, 0.1) is 44.6 Å². The molecule has 50 heavy (non-hydrogen) atoms. The summed E-state index contributed by atoms with van der Waals surface area (Å²) in [5.41, 5.74) is 6.16. The second-order valence-electron chi connectivity index (χ2n) is 12.7. The van der Waals surface area contributed by atoms with Gasteiger partial charge in [0.25, 0.3) is 0 Å². The van der Waals surface area contributed by atoms with Crippen LogP contribution in [-0.2, 0) is 0 Å². The first-order valence-corrected chi connectivity index (χ1v) is 18.0. The van der Waals surface area contributed by atoms with Crippen molar-refractivity contribution in [3.63, 3.8) is 0 Å². The largest absolute Gasteiger partial charge is 0.308 e. The zero-order chi connectivity index (χ0) is 33.1. The van der Waals surface area contributed by atoms with E-state index in [1.54, 1.807) is 22.7 Å². The van der Waals surface area contributed by atoms with Gasteiger partial charge in [-0.3, -0.25) is 0 Å². The predicted molar refractivity (Wildman–Crippen MR) is 210 cm³/mol. The van der Waals surface area contributed by atoms with Gasteiger partial charge in [-0.25, -0.2) is 0 Å². The number of para-hydroxylation sites is 2. The maximum absolute atomic E-state index is 10.9. The Labute approximate surface area is 293 Å². The van der Waals surface area contributed by atoms with Gasteiger partial charge in [-0.1, -0.05) is 84.9 Å². The first-order chi connectivity index (χ1) is 24.7. The summed E-state index contributed by atoms with van der Waals surface area (Å²) in [6.07, 6.45) is 0. The molecule has 0 saturated carbocycles. The third-order valence-corrected chi connectivity index (χ3v) is 12.6. The lowest BCUT2D eigenvalue weighted by Crippen LogP contribution is -2.05. The quantitative estimate of drug-likeness (QED) is 0.184. The van der Waals surface area contributed by atoms with E-state index in [-0.39, 0.29) is 0 Å². The highest BCUT2D eigenvalue weighted by Gasteiger charge is 2.24. The summed E-state index contributed by atoms with van der Waals surface area (Å²) in [4.78, 5) is 0. The summed E-state index contributed by atoms with van der Waals surface area (Å²) in [5, 5.41) is 31.3. The third kappa shape index (κ3) is 3.46. The van der Waals surface area contributed by atoms with Gasteiger partial charge in [0.1, 0.15) is 12.1 Å². The minimum absolute atomic E-state index is 0.359. The van der Waals surface area contributed by atoms with E-state index >= 15 is 0 Å². The topological polar surface area (TPSA) is 57.4 Å². The summed E-state index contributed by atoms with van der Waals surface area (Å²) >= 11 is 3.61. The molecule has 0 unspecified atom stereocenters. The summed E-state index contributed by atoms with van der Waals surface area (Å²) in [5.74, 6) is 0. The Morgan fingerprint density at radius 2 is 0.780 bits per heavy atom. The van der Waals surface area contributed by atoms with Crippen molar-refractivity contribution in [2.45, 2.75) is 0 Å². The van der Waals surface area contributed by atoms with Gasteiger partial charge in [0.15, 0.2) is 0 Å². The van der Waals surface area contributed by atoms with Crippen LogP contribution in [0, 0.1) is 22.7 Å². The van der Waals surface area contributed by atoms with Gasteiger partial charge in [0, 0.05) is 61.9 Å². The number of fused-ring (bicyclic) bond motifs is 14. The Balaban J connectivity index is 1.23. The number of benzene rings is 7. The summed E-state index contributed by atoms with van der Waals surface area (Å²) < 4.78 is 9.30. The maximum Gasteiger partial charge on any atom is 0.103 e. The highest BCUT2D eigenvalue weighted by Crippen LogP contribution is 2.46. The zero-order valence-corrected chi connectivity index (χ0v) is 27.9. The van der Waals surface area contributed by atoms with E-state index in [9.17, 15) is 10.5 Å². The molecule has 4 aromatic heterocycles. The lowest BCUT2D eigenvalue weighted by atomic mass is 10.0. The van der Waals surface area contributed by atoms with E-state index in [2.05, 4.69) is 130 Å². The Bertz CT molecular complexity index is 3130. The van der Waals surface area contributed by atoms with Crippen LogP contribution in [0.3, 0.4) is 0 Å². The minimum Gasteiger partial charge on any atom is -0.308 e. The number of thiophene rings is 2. The molecule has 0 fully saturated rings. The van der Waals surface area contributed by atoms with Crippen molar-refractivity contribution in [3.8, 4) is 23.5 Å². The average Bonchev–Trinajstić information content (AvgIpc) is 3.91. The van der Waals surface area contributed by atoms with Crippen molar-refractivity contribution in [1.82, 2.24) is 9.13 Å².